The molecule has 0 aromatic heterocycles. The number of rotatable bonds is 4. The van der Waals surface area contributed by atoms with Crippen molar-refractivity contribution in [3.05, 3.63) is 24.3 Å². The van der Waals surface area contributed by atoms with Crippen LogP contribution in [0.15, 0.2) is 24.3 Å². The molecule has 0 atom stereocenters. The van der Waals surface area contributed by atoms with Gasteiger partial charge in [0, 0.05) is 13.1 Å². The van der Waals surface area contributed by atoms with Gasteiger partial charge in [-0.1, -0.05) is 12.2 Å². The quantitative estimate of drug-likeness (QED) is 0.743. The molecule has 2 heterocycles. The van der Waals surface area contributed by atoms with Gasteiger partial charge in [-0.15, -0.1) is 0 Å². The number of allylic oxidation sites excluding steroid dienone is 1. The fourth-order valence-corrected chi connectivity index (χ4v) is 3.11. The molecule has 2 fully saturated rings. The Labute approximate surface area is 126 Å². The Morgan fingerprint density at radius 3 is 2.62 bits per heavy atom. The van der Waals surface area contributed by atoms with Gasteiger partial charge in [0.2, 0.25) is 0 Å². The van der Waals surface area contributed by atoms with Gasteiger partial charge >= 0.3 is 0 Å². The highest BCUT2D eigenvalue weighted by Crippen LogP contribution is 2.31. The molecule has 4 nitrogen and oxygen atoms in total. The molecule has 4 heteroatoms. The first-order valence-corrected chi connectivity index (χ1v) is 8.15. The lowest BCUT2D eigenvalue weighted by molar-refractivity contribution is -0.139. The monoisotopic (exact) mass is 288 g/mol. The topological polar surface area (TPSA) is 40.6 Å². The van der Waals surface area contributed by atoms with Crippen LogP contribution in [0.3, 0.4) is 0 Å². The van der Waals surface area contributed by atoms with Crippen molar-refractivity contribution >= 4 is 11.8 Å². The molecule has 3 rings (SSSR count). The van der Waals surface area contributed by atoms with E-state index in [1.807, 2.05) is 12.2 Å². The van der Waals surface area contributed by atoms with E-state index in [-0.39, 0.29) is 11.8 Å². The van der Waals surface area contributed by atoms with Crippen molar-refractivity contribution < 1.29 is 9.59 Å². The summed E-state index contributed by atoms with van der Waals surface area (Å²) in [4.78, 5) is 27.5. The van der Waals surface area contributed by atoms with Crippen LogP contribution in [0.1, 0.15) is 32.1 Å². The Bertz CT molecular complexity index is 457. The molecular weight excluding hydrogens is 264 g/mol. The number of imide groups is 1. The van der Waals surface area contributed by atoms with Crippen molar-refractivity contribution in [3.8, 4) is 0 Å². The second-order valence-electron chi connectivity index (χ2n) is 6.46. The van der Waals surface area contributed by atoms with Crippen LogP contribution < -0.4 is 0 Å². The Morgan fingerprint density at radius 2 is 1.95 bits per heavy atom. The normalized spacial score (nSPS) is 25.0. The SMILES string of the molecule is O=C1C=CCCN1C(=O)C=CC1CCN(CC2CC2)CC1. The highest BCUT2D eigenvalue weighted by molar-refractivity contribution is 6.05. The van der Waals surface area contributed by atoms with E-state index in [1.54, 1.807) is 6.08 Å². The first kappa shape index (κ1) is 14.5. The second kappa shape index (κ2) is 6.56. The van der Waals surface area contributed by atoms with Gasteiger partial charge in [0.05, 0.1) is 0 Å². The van der Waals surface area contributed by atoms with E-state index in [4.69, 9.17) is 0 Å². The number of likely N-dealkylation sites (tertiary alicyclic amines) is 1. The fraction of sp³-hybridized carbons (Fsp3) is 0.647. The molecule has 1 saturated heterocycles. The standard InChI is InChI=1S/C17H24N2O2/c20-16-3-1-2-10-19(16)17(21)7-6-14-8-11-18(12-9-14)13-15-4-5-15/h1,3,6-7,14-15H,2,4-5,8-13H2. The Balaban J connectivity index is 1.44. The summed E-state index contributed by atoms with van der Waals surface area (Å²) in [6.45, 7) is 4.07. The maximum Gasteiger partial charge on any atom is 0.253 e. The minimum atomic E-state index is -0.185. The zero-order valence-electron chi connectivity index (χ0n) is 12.5. The van der Waals surface area contributed by atoms with Crippen LogP contribution in [0.5, 0.6) is 0 Å². The minimum Gasteiger partial charge on any atom is -0.303 e. The molecule has 0 spiro atoms. The molecule has 0 unspecified atom stereocenters. The van der Waals surface area contributed by atoms with Gasteiger partial charge in [0.1, 0.15) is 0 Å². The molecule has 114 valence electrons. The third kappa shape index (κ3) is 4.03. The van der Waals surface area contributed by atoms with Crippen LogP contribution in [0, 0.1) is 11.8 Å². The summed E-state index contributed by atoms with van der Waals surface area (Å²) in [5.41, 5.74) is 0. The predicted molar refractivity (Wildman–Crippen MR) is 81.5 cm³/mol. The van der Waals surface area contributed by atoms with Crippen molar-refractivity contribution in [3.63, 3.8) is 0 Å². The molecule has 1 aliphatic carbocycles. The summed E-state index contributed by atoms with van der Waals surface area (Å²) in [6.07, 6.45) is 12.8. The average molecular weight is 288 g/mol. The number of hydrogen-bond acceptors (Lipinski definition) is 3. The predicted octanol–water partition coefficient (Wildman–Crippen LogP) is 1.98. The van der Waals surface area contributed by atoms with E-state index in [0.717, 1.165) is 38.3 Å². The fourth-order valence-electron chi connectivity index (χ4n) is 3.11. The van der Waals surface area contributed by atoms with Crippen LogP contribution in [-0.2, 0) is 9.59 Å². The lowest BCUT2D eigenvalue weighted by Gasteiger charge is -2.30. The van der Waals surface area contributed by atoms with Crippen LogP contribution in [0.2, 0.25) is 0 Å². The lowest BCUT2D eigenvalue weighted by atomic mass is 9.96. The summed E-state index contributed by atoms with van der Waals surface area (Å²) in [5.74, 6) is 1.09. The van der Waals surface area contributed by atoms with Gasteiger partial charge in [-0.05, 0) is 69.2 Å². The summed E-state index contributed by atoms with van der Waals surface area (Å²) < 4.78 is 0. The van der Waals surface area contributed by atoms with E-state index in [2.05, 4.69) is 4.90 Å². The highest BCUT2D eigenvalue weighted by atomic mass is 16.2. The number of carbonyl (C=O) groups is 2. The zero-order valence-corrected chi connectivity index (χ0v) is 12.5. The van der Waals surface area contributed by atoms with E-state index in [1.165, 1.54) is 30.4 Å². The number of hydrogen-bond donors (Lipinski definition) is 0. The smallest absolute Gasteiger partial charge is 0.253 e. The maximum absolute atomic E-state index is 12.0. The molecule has 2 amide bonds. The number of nitrogens with zero attached hydrogens (tertiary/aromatic N) is 2. The summed E-state index contributed by atoms with van der Waals surface area (Å²) in [6, 6.07) is 0. The van der Waals surface area contributed by atoms with E-state index < -0.39 is 0 Å². The van der Waals surface area contributed by atoms with Crippen LogP contribution >= 0.6 is 0 Å². The highest BCUT2D eigenvalue weighted by Gasteiger charge is 2.26. The van der Waals surface area contributed by atoms with Crippen molar-refractivity contribution in [2.45, 2.75) is 32.1 Å². The molecule has 3 aliphatic rings. The van der Waals surface area contributed by atoms with Gasteiger partial charge < -0.3 is 4.90 Å². The molecule has 21 heavy (non-hydrogen) atoms. The first-order valence-electron chi connectivity index (χ1n) is 8.15. The van der Waals surface area contributed by atoms with Gasteiger partial charge in [0.15, 0.2) is 0 Å². The number of carbonyl (C=O) groups excluding carboxylic acids is 2. The molecule has 2 aliphatic heterocycles. The molecule has 1 saturated carbocycles. The Kier molecular flexibility index (Phi) is 4.54. The molecule has 0 aromatic carbocycles. The zero-order chi connectivity index (χ0) is 14.7. The molecule has 0 aromatic rings. The van der Waals surface area contributed by atoms with Crippen molar-refractivity contribution in [1.82, 2.24) is 9.80 Å². The summed E-state index contributed by atoms with van der Waals surface area (Å²) in [5, 5.41) is 0. The molecule has 0 bridgehead atoms. The third-order valence-electron chi connectivity index (χ3n) is 4.67. The van der Waals surface area contributed by atoms with Crippen LogP contribution in [-0.4, -0.2) is 47.8 Å². The van der Waals surface area contributed by atoms with E-state index >= 15 is 0 Å². The minimum absolute atomic E-state index is 0.162. The average Bonchev–Trinajstić information content (AvgIpc) is 3.31. The third-order valence-corrected chi connectivity index (χ3v) is 4.67. The van der Waals surface area contributed by atoms with Gasteiger partial charge in [-0.25, -0.2) is 0 Å². The van der Waals surface area contributed by atoms with Gasteiger partial charge in [0.25, 0.3) is 11.8 Å². The van der Waals surface area contributed by atoms with Gasteiger partial charge in [-0.3, -0.25) is 14.5 Å². The van der Waals surface area contributed by atoms with Gasteiger partial charge in [-0.2, -0.15) is 0 Å². The number of piperidine rings is 1. The Morgan fingerprint density at radius 1 is 1.19 bits per heavy atom. The van der Waals surface area contributed by atoms with Crippen molar-refractivity contribution in [2.24, 2.45) is 11.8 Å². The van der Waals surface area contributed by atoms with E-state index in [9.17, 15) is 9.59 Å². The molecular formula is C17H24N2O2. The molecule has 0 N–H and O–H groups in total. The van der Waals surface area contributed by atoms with Crippen molar-refractivity contribution in [2.75, 3.05) is 26.2 Å². The van der Waals surface area contributed by atoms with E-state index in [0.29, 0.717) is 12.5 Å². The maximum atomic E-state index is 12.0. The first-order chi connectivity index (χ1) is 10.2. The van der Waals surface area contributed by atoms with Crippen LogP contribution in [0.25, 0.3) is 0 Å². The summed E-state index contributed by atoms with van der Waals surface area (Å²) >= 11 is 0. The van der Waals surface area contributed by atoms with Crippen LogP contribution in [0.4, 0.5) is 0 Å². The largest absolute Gasteiger partial charge is 0.303 e. The molecule has 0 radical (unpaired) electrons. The second-order valence-corrected chi connectivity index (χ2v) is 6.46. The van der Waals surface area contributed by atoms with Crippen molar-refractivity contribution in [1.29, 1.82) is 0 Å². The number of amides is 2. The lowest BCUT2D eigenvalue weighted by Crippen LogP contribution is -2.37. The Hall–Kier alpha value is -1.42. The summed E-state index contributed by atoms with van der Waals surface area (Å²) in [7, 11) is 0.